The molecule has 0 saturated heterocycles. The maximum atomic E-state index is 13.7. The first-order chi connectivity index (χ1) is 15.1. The van der Waals surface area contributed by atoms with Crippen molar-refractivity contribution in [2.24, 2.45) is 5.10 Å². The molecule has 0 aliphatic rings. The fraction of sp³-hybridized carbons (Fsp3) is 0.0526. The van der Waals surface area contributed by atoms with Crippen molar-refractivity contribution in [3.8, 4) is 22.8 Å². The second-order valence-electron chi connectivity index (χ2n) is 6.12. The number of carbonyl (C=O) groups excluding carboxylic acids is 1. The van der Waals surface area contributed by atoms with Crippen molar-refractivity contribution < 1.29 is 18.6 Å². The number of ether oxygens (including phenoxy) is 1. The summed E-state index contributed by atoms with van der Waals surface area (Å²) < 4.78 is 24.8. The van der Waals surface area contributed by atoms with Crippen molar-refractivity contribution in [1.82, 2.24) is 30.7 Å². The number of carbonyl (C=O) groups is 1. The van der Waals surface area contributed by atoms with E-state index >= 15 is 0 Å². The molecular formula is C19H15FN8O3. The SMILES string of the molecule is COc1cccc(-c2c(C(=O)N/N=C\c3ccccc3F)nnn2-c2nonc2N)c1. The fourth-order valence-corrected chi connectivity index (χ4v) is 2.74. The molecule has 0 aliphatic heterocycles. The normalized spacial score (nSPS) is 11.0. The lowest BCUT2D eigenvalue weighted by Crippen LogP contribution is -2.19. The van der Waals surface area contributed by atoms with Crippen molar-refractivity contribution in [2.75, 3.05) is 12.8 Å². The predicted molar refractivity (Wildman–Crippen MR) is 107 cm³/mol. The molecule has 2 aromatic heterocycles. The van der Waals surface area contributed by atoms with Gasteiger partial charge in [-0.25, -0.2) is 14.4 Å². The summed E-state index contributed by atoms with van der Waals surface area (Å²) in [6.45, 7) is 0. The Bertz CT molecular complexity index is 1270. The first-order valence-electron chi connectivity index (χ1n) is 8.85. The Kier molecular flexibility index (Phi) is 5.34. The van der Waals surface area contributed by atoms with Gasteiger partial charge in [0.1, 0.15) is 17.3 Å². The third kappa shape index (κ3) is 3.94. The van der Waals surface area contributed by atoms with Gasteiger partial charge in [0.2, 0.25) is 11.6 Å². The van der Waals surface area contributed by atoms with E-state index in [4.69, 9.17) is 10.5 Å². The number of methoxy groups -OCH3 is 1. The summed E-state index contributed by atoms with van der Waals surface area (Å²) in [5, 5.41) is 18.9. The molecule has 31 heavy (non-hydrogen) atoms. The average Bonchev–Trinajstić information content (AvgIpc) is 3.41. The Morgan fingerprint density at radius 3 is 2.84 bits per heavy atom. The van der Waals surface area contributed by atoms with Crippen LogP contribution in [-0.4, -0.2) is 44.5 Å². The van der Waals surface area contributed by atoms with E-state index in [1.165, 1.54) is 30.1 Å². The standard InChI is InChI=1S/C19H15FN8O3/c1-30-13-7-4-6-11(9-13)16-15(23-27-28(16)18-17(21)25-31-26-18)19(29)24-22-10-12-5-2-3-8-14(12)20/h2-10H,1H3,(H2,21,25)(H,24,29)/b22-10-. The van der Waals surface area contributed by atoms with Gasteiger partial charge in [-0.1, -0.05) is 35.5 Å². The molecule has 0 fully saturated rings. The molecule has 0 saturated carbocycles. The summed E-state index contributed by atoms with van der Waals surface area (Å²) >= 11 is 0. The Morgan fingerprint density at radius 1 is 1.26 bits per heavy atom. The van der Waals surface area contributed by atoms with Gasteiger partial charge < -0.3 is 10.5 Å². The number of aromatic nitrogens is 5. The molecule has 4 aromatic rings. The molecule has 0 unspecified atom stereocenters. The minimum Gasteiger partial charge on any atom is -0.497 e. The third-order valence-corrected chi connectivity index (χ3v) is 4.20. The van der Waals surface area contributed by atoms with Gasteiger partial charge >= 0.3 is 0 Å². The molecule has 0 atom stereocenters. The summed E-state index contributed by atoms with van der Waals surface area (Å²) in [4.78, 5) is 12.8. The molecule has 2 heterocycles. The van der Waals surface area contributed by atoms with Crippen LogP contribution in [-0.2, 0) is 0 Å². The van der Waals surface area contributed by atoms with Gasteiger partial charge in [0.25, 0.3) is 5.91 Å². The van der Waals surface area contributed by atoms with Gasteiger partial charge in [0, 0.05) is 11.1 Å². The van der Waals surface area contributed by atoms with Gasteiger partial charge in [-0.2, -0.15) is 9.78 Å². The molecule has 0 aliphatic carbocycles. The summed E-state index contributed by atoms with van der Waals surface area (Å²) in [7, 11) is 1.51. The fourth-order valence-electron chi connectivity index (χ4n) is 2.74. The summed E-state index contributed by atoms with van der Waals surface area (Å²) in [5.41, 5.74) is 9.01. The molecule has 1 amide bonds. The van der Waals surface area contributed by atoms with E-state index in [0.29, 0.717) is 11.3 Å². The van der Waals surface area contributed by atoms with Crippen LogP contribution in [0.5, 0.6) is 5.75 Å². The monoisotopic (exact) mass is 422 g/mol. The highest BCUT2D eigenvalue weighted by molar-refractivity contribution is 5.99. The van der Waals surface area contributed by atoms with Gasteiger partial charge in [0.05, 0.1) is 13.3 Å². The maximum absolute atomic E-state index is 13.7. The van der Waals surface area contributed by atoms with Crippen LogP contribution in [0, 0.1) is 5.82 Å². The van der Waals surface area contributed by atoms with E-state index in [2.05, 4.69) is 35.8 Å². The first-order valence-corrected chi connectivity index (χ1v) is 8.85. The lowest BCUT2D eigenvalue weighted by atomic mass is 10.1. The lowest BCUT2D eigenvalue weighted by Gasteiger charge is -2.07. The number of amides is 1. The smallest absolute Gasteiger partial charge is 0.294 e. The highest BCUT2D eigenvalue weighted by Gasteiger charge is 2.25. The summed E-state index contributed by atoms with van der Waals surface area (Å²) in [6.07, 6.45) is 1.18. The quantitative estimate of drug-likeness (QED) is 0.353. The Balaban J connectivity index is 1.72. The zero-order chi connectivity index (χ0) is 21.8. The van der Waals surface area contributed by atoms with Gasteiger partial charge in [0.15, 0.2) is 5.69 Å². The minimum atomic E-state index is -0.688. The predicted octanol–water partition coefficient (Wildman–Crippen LogP) is 1.81. The Hall–Kier alpha value is -4.61. The highest BCUT2D eigenvalue weighted by atomic mass is 19.1. The van der Waals surface area contributed by atoms with Crippen LogP contribution in [0.2, 0.25) is 0 Å². The zero-order valence-electron chi connectivity index (χ0n) is 16.1. The molecule has 0 radical (unpaired) electrons. The Morgan fingerprint density at radius 2 is 2.10 bits per heavy atom. The van der Waals surface area contributed by atoms with Crippen LogP contribution in [0.3, 0.4) is 0 Å². The second kappa shape index (κ2) is 8.41. The summed E-state index contributed by atoms with van der Waals surface area (Å²) in [6, 6.07) is 12.9. The lowest BCUT2D eigenvalue weighted by molar-refractivity contribution is 0.0950. The first kappa shape index (κ1) is 19.7. The van der Waals surface area contributed by atoms with Crippen molar-refractivity contribution >= 4 is 17.9 Å². The molecule has 11 nitrogen and oxygen atoms in total. The maximum Gasteiger partial charge on any atom is 0.294 e. The number of rotatable bonds is 6. The molecular weight excluding hydrogens is 407 g/mol. The topological polar surface area (TPSA) is 146 Å². The van der Waals surface area contributed by atoms with Gasteiger partial charge in [-0.15, -0.1) is 5.10 Å². The molecule has 3 N–H and O–H groups in total. The zero-order valence-corrected chi connectivity index (χ0v) is 16.1. The van der Waals surface area contributed by atoms with Gasteiger partial charge in [-0.3, -0.25) is 4.79 Å². The van der Waals surface area contributed by atoms with Gasteiger partial charge in [-0.05, 0) is 28.5 Å². The van der Waals surface area contributed by atoms with E-state index in [9.17, 15) is 9.18 Å². The molecule has 156 valence electrons. The number of hydrazone groups is 1. The van der Waals surface area contributed by atoms with Crippen LogP contribution in [0.15, 0.2) is 58.3 Å². The number of halogens is 1. The van der Waals surface area contributed by atoms with Crippen molar-refractivity contribution in [1.29, 1.82) is 0 Å². The van der Waals surface area contributed by atoms with E-state index in [1.807, 2.05) is 0 Å². The number of nitrogens with one attached hydrogen (secondary N) is 1. The van der Waals surface area contributed by atoms with Crippen LogP contribution in [0.4, 0.5) is 10.2 Å². The number of benzene rings is 2. The van der Waals surface area contributed by atoms with Crippen LogP contribution >= 0.6 is 0 Å². The third-order valence-electron chi connectivity index (χ3n) is 4.20. The van der Waals surface area contributed by atoms with E-state index in [0.717, 1.165) is 0 Å². The number of nitrogens with two attached hydrogens (primary N) is 1. The number of hydrogen-bond acceptors (Lipinski definition) is 9. The highest BCUT2D eigenvalue weighted by Crippen LogP contribution is 2.28. The molecule has 4 rings (SSSR count). The molecule has 2 aromatic carbocycles. The number of anilines is 1. The number of nitrogens with zero attached hydrogens (tertiary/aromatic N) is 6. The number of hydrogen-bond donors (Lipinski definition) is 2. The van der Waals surface area contributed by atoms with Crippen LogP contribution in [0.1, 0.15) is 16.1 Å². The van der Waals surface area contributed by atoms with Crippen molar-refractivity contribution in [2.45, 2.75) is 0 Å². The average molecular weight is 422 g/mol. The molecule has 12 heteroatoms. The van der Waals surface area contributed by atoms with E-state index in [1.54, 1.807) is 36.4 Å². The van der Waals surface area contributed by atoms with Crippen LogP contribution < -0.4 is 15.9 Å². The minimum absolute atomic E-state index is 0.0430. The largest absolute Gasteiger partial charge is 0.497 e. The van der Waals surface area contributed by atoms with Crippen molar-refractivity contribution in [3.63, 3.8) is 0 Å². The summed E-state index contributed by atoms with van der Waals surface area (Å²) in [5.74, 6) is -0.609. The molecule has 0 spiro atoms. The number of nitrogen functional groups attached to an aromatic ring is 1. The van der Waals surface area contributed by atoms with Crippen molar-refractivity contribution in [3.05, 3.63) is 65.6 Å². The van der Waals surface area contributed by atoms with E-state index < -0.39 is 11.7 Å². The second-order valence-corrected chi connectivity index (χ2v) is 6.12. The van der Waals surface area contributed by atoms with Crippen LogP contribution in [0.25, 0.3) is 17.1 Å². The molecule has 0 bridgehead atoms. The Labute approximate surface area is 174 Å². The van der Waals surface area contributed by atoms with E-state index in [-0.39, 0.29) is 28.6 Å².